The SMILES string of the molecule is C[C@H](NCc1ccc(OCc2ccc(SC(F)(F)F)cc2)cc1)C(N)=O. The highest BCUT2D eigenvalue weighted by Gasteiger charge is 2.28. The third-order valence-electron chi connectivity index (χ3n) is 3.52. The van der Waals surface area contributed by atoms with E-state index in [1.54, 1.807) is 31.2 Å². The molecule has 0 radical (unpaired) electrons. The minimum atomic E-state index is -4.29. The molecule has 0 saturated heterocycles. The lowest BCUT2D eigenvalue weighted by atomic mass is 10.2. The van der Waals surface area contributed by atoms with Gasteiger partial charge in [-0.15, -0.1) is 0 Å². The summed E-state index contributed by atoms with van der Waals surface area (Å²) in [6.07, 6.45) is 0. The minimum Gasteiger partial charge on any atom is -0.489 e. The highest BCUT2D eigenvalue weighted by atomic mass is 32.2. The molecule has 0 heterocycles. The van der Waals surface area contributed by atoms with E-state index in [1.807, 2.05) is 12.1 Å². The van der Waals surface area contributed by atoms with Crippen LogP contribution in [0.15, 0.2) is 53.4 Å². The molecule has 4 nitrogen and oxygen atoms in total. The Labute approximate surface area is 153 Å². The quantitative estimate of drug-likeness (QED) is 0.679. The molecule has 0 saturated carbocycles. The summed E-state index contributed by atoms with van der Waals surface area (Å²) in [4.78, 5) is 11.1. The maximum atomic E-state index is 12.3. The molecule has 1 amide bonds. The van der Waals surface area contributed by atoms with Crippen LogP contribution in [0, 0.1) is 0 Å². The fraction of sp³-hybridized carbons (Fsp3) is 0.278. The van der Waals surface area contributed by atoms with Crippen molar-refractivity contribution in [2.75, 3.05) is 0 Å². The number of rotatable bonds is 8. The molecule has 0 unspecified atom stereocenters. The van der Waals surface area contributed by atoms with Gasteiger partial charge < -0.3 is 15.8 Å². The van der Waals surface area contributed by atoms with Crippen molar-refractivity contribution in [3.63, 3.8) is 0 Å². The van der Waals surface area contributed by atoms with Crippen molar-refractivity contribution in [3.8, 4) is 5.75 Å². The van der Waals surface area contributed by atoms with Crippen LogP contribution in [-0.2, 0) is 17.9 Å². The summed E-state index contributed by atoms with van der Waals surface area (Å²) in [5.41, 5.74) is 2.64. The fourth-order valence-corrected chi connectivity index (χ4v) is 2.57. The molecule has 26 heavy (non-hydrogen) atoms. The number of alkyl halides is 3. The molecule has 140 valence electrons. The average Bonchev–Trinajstić information content (AvgIpc) is 2.58. The number of halogens is 3. The first-order valence-corrected chi connectivity index (χ1v) is 8.64. The van der Waals surface area contributed by atoms with E-state index in [0.29, 0.717) is 12.3 Å². The number of benzene rings is 2. The van der Waals surface area contributed by atoms with E-state index in [2.05, 4.69) is 5.32 Å². The lowest BCUT2D eigenvalue weighted by Crippen LogP contribution is -2.38. The van der Waals surface area contributed by atoms with Crippen LogP contribution in [0.5, 0.6) is 5.75 Å². The van der Waals surface area contributed by atoms with Gasteiger partial charge in [0.15, 0.2) is 0 Å². The van der Waals surface area contributed by atoms with Crippen molar-refractivity contribution in [2.24, 2.45) is 5.73 Å². The third-order valence-corrected chi connectivity index (χ3v) is 4.26. The number of nitrogens with two attached hydrogens (primary N) is 1. The number of primary amides is 1. The molecule has 0 bridgehead atoms. The van der Waals surface area contributed by atoms with E-state index in [9.17, 15) is 18.0 Å². The van der Waals surface area contributed by atoms with E-state index in [4.69, 9.17) is 10.5 Å². The zero-order valence-electron chi connectivity index (χ0n) is 14.0. The van der Waals surface area contributed by atoms with Crippen LogP contribution in [0.4, 0.5) is 13.2 Å². The lowest BCUT2D eigenvalue weighted by Gasteiger charge is -2.11. The monoisotopic (exact) mass is 384 g/mol. The van der Waals surface area contributed by atoms with Crippen molar-refractivity contribution >= 4 is 17.7 Å². The molecule has 0 aliphatic rings. The van der Waals surface area contributed by atoms with Crippen LogP contribution in [0.25, 0.3) is 0 Å². The van der Waals surface area contributed by atoms with Gasteiger partial charge in [0.2, 0.25) is 5.91 Å². The largest absolute Gasteiger partial charge is 0.489 e. The predicted octanol–water partition coefficient (Wildman–Crippen LogP) is 3.84. The fourth-order valence-electron chi connectivity index (χ4n) is 2.03. The molecule has 2 aromatic carbocycles. The first-order chi connectivity index (χ1) is 12.2. The van der Waals surface area contributed by atoms with Gasteiger partial charge in [0.1, 0.15) is 12.4 Å². The number of amides is 1. The normalized spacial score (nSPS) is 12.6. The first kappa shape index (κ1) is 20.1. The summed E-state index contributed by atoms with van der Waals surface area (Å²) < 4.78 is 42.5. The predicted molar refractivity (Wildman–Crippen MR) is 94.6 cm³/mol. The summed E-state index contributed by atoms with van der Waals surface area (Å²) in [6, 6.07) is 13.0. The van der Waals surface area contributed by atoms with Gasteiger partial charge in [-0.1, -0.05) is 24.3 Å². The number of carbonyl (C=O) groups is 1. The lowest BCUT2D eigenvalue weighted by molar-refractivity contribution is -0.119. The molecule has 2 rings (SSSR count). The molecule has 0 aliphatic carbocycles. The molecule has 0 aliphatic heterocycles. The van der Waals surface area contributed by atoms with Crippen molar-refractivity contribution in [3.05, 3.63) is 59.7 Å². The molecule has 1 atom stereocenters. The Morgan fingerprint density at radius 1 is 1.12 bits per heavy atom. The summed E-state index contributed by atoms with van der Waals surface area (Å²) in [6.45, 7) is 2.45. The van der Waals surface area contributed by atoms with Gasteiger partial charge in [0, 0.05) is 11.4 Å². The van der Waals surface area contributed by atoms with Crippen LogP contribution < -0.4 is 15.8 Å². The van der Waals surface area contributed by atoms with Gasteiger partial charge in [-0.25, -0.2) is 0 Å². The van der Waals surface area contributed by atoms with Crippen LogP contribution in [0.2, 0.25) is 0 Å². The zero-order valence-corrected chi connectivity index (χ0v) is 14.9. The number of thioether (sulfide) groups is 1. The van der Waals surface area contributed by atoms with Gasteiger partial charge in [0.25, 0.3) is 0 Å². The Hall–Kier alpha value is -2.19. The standard InChI is InChI=1S/C18H19F3N2O2S/c1-12(17(22)24)23-10-13-2-6-15(7-3-13)25-11-14-4-8-16(9-5-14)26-18(19,20)21/h2-9,12,23H,10-11H2,1H3,(H2,22,24)/t12-/m0/s1. The van der Waals surface area contributed by atoms with Crippen LogP contribution >= 0.6 is 11.8 Å². The average molecular weight is 384 g/mol. The second kappa shape index (κ2) is 8.95. The summed E-state index contributed by atoms with van der Waals surface area (Å²) in [5, 5.41) is 3.00. The van der Waals surface area contributed by atoms with Gasteiger partial charge >= 0.3 is 5.51 Å². The van der Waals surface area contributed by atoms with Crippen molar-refractivity contribution < 1.29 is 22.7 Å². The summed E-state index contributed by atoms with van der Waals surface area (Å²) >= 11 is -0.142. The van der Waals surface area contributed by atoms with Gasteiger partial charge in [-0.05, 0) is 54.1 Å². The third kappa shape index (κ3) is 6.97. The topological polar surface area (TPSA) is 64.3 Å². The zero-order chi connectivity index (χ0) is 19.2. The van der Waals surface area contributed by atoms with E-state index >= 15 is 0 Å². The molecule has 2 aromatic rings. The number of hydrogen-bond donors (Lipinski definition) is 2. The van der Waals surface area contributed by atoms with E-state index < -0.39 is 17.5 Å². The van der Waals surface area contributed by atoms with E-state index in [0.717, 1.165) is 11.1 Å². The number of ether oxygens (including phenoxy) is 1. The maximum absolute atomic E-state index is 12.3. The smallest absolute Gasteiger partial charge is 0.446 e. The highest BCUT2D eigenvalue weighted by Crippen LogP contribution is 2.36. The molecule has 0 aromatic heterocycles. The maximum Gasteiger partial charge on any atom is 0.446 e. The second-order valence-corrected chi connectivity index (χ2v) is 6.77. The van der Waals surface area contributed by atoms with Crippen molar-refractivity contribution in [2.45, 2.75) is 36.5 Å². The number of nitrogens with one attached hydrogen (secondary N) is 1. The Bertz CT molecular complexity index is 719. The Morgan fingerprint density at radius 2 is 1.69 bits per heavy atom. The molecule has 3 N–H and O–H groups in total. The van der Waals surface area contributed by atoms with E-state index in [1.165, 1.54) is 12.1 Å². The molecule has 0 fully saturated rings. The Kier molecular flexibility index (Phi) is 6.93. The second-order valence-electron chi connectivity index (χ2n) is 5.63. The van der Waals surface area contributed by atoms with E-state index in [-0.39, 0.29) is 23.3 Å². The van der Waals surface area contributed by atoms with Gasteiger partial charge in [-0.3, -0.25) is 4.79 Å². The molecular formula is C18H19F3N2O2S. The molecule has 8 heteroatoms. The minimum absolute atomic E-state index is 0.142. The van der Waals surface area contributed by atoms with Gasteiger partial charge in [0.05, 0.1) is 6.04 Å². The Morgan fingerprint density at radius 3 is 2.23 bits per heavy atom. The van der Waals surface area contributed by atoms with Crippen molar-refractivity contribution in [1.82, 2.24) is 5.32 Å². The van der Waals surface area contributed by atoms with Crippen LogP contribution in [0.3, 0.4) is 0 Å². The first-order valence-electron chi connectivity index (χ1n) is 7.82. The summed E-state index contributed by atoms with van der Waals surface area (Å²) in [7, 11) is 0. The van der Waals surface area contributed by atoms with Crippen LogP contribution in [-0.4, -0.2) is 17.5 Å². The highest BCUT2D eigenvalue weighted by molar-refractivity contribution is 8.00. The molecular weight excluding hydrogens is 365 g/mol. The number of carbonyl (C=O) groups excluding carboxylic acids is 1. The number of hydrogen-bond acceptors (Lipinski definition) is 4. The van der Waals surface area contributed by atoms with Gasteiger partial charge in [-0.2, -0.15) is 13.2 Å². The van der Waals surface area contributed by atoms with Crippen LogP contribution in [0.1, 0.15) is 18.1 Å². The summed E-state index contributed by atoms with van der Waals surface area (Å²) in [5.74, 6) is 0.232. The Balaban J connectivity index is 1.83. The van der Waals surface area contributed by atoms with Crippen molar-refractivity contribution in [1.29, 1.82) is 0 Å². The molecule has 0 spiro atoms.